The third-order valence-electron chi connectivity index (χ3n) is 3.86. The number of alkyl halides is 2. The topological polar surface area (TPSA) is 50.8 Å². The molecule has 1 saturated heterocycles. The van der Waals surface area contributed by atoms with Crippen molar-refractivity contribution in [1.82, 2.24) is 4.90 Å². The third-order valence-corrected chi connectivity index (χ3v) is 4.10. The van der Waals surface area contributed by atoms with Crippen LogP contribution in [-0.2, 0) is 0 Å². The lowest BCUT2D eigenvalue weighted by atomic mass is 10.3. The van der Waals surface area contributed by atoms with E-state index in [0.29, 0.717) is 36.0 Å². The van der Waals surface area contributed by atoms with Gasteiger partial charge in [0, 0.05) is 23.7 Å². The highest BCUT2D eigenvalue weighted by Crippen LogP contribution is 2.23. The van der Waals surface area contributed by atoms with Gasteiger partial charge in [0.25, 0.3) is 0 Å². The van der Waals surface area contributed by atoms with Gasteiger partial charge in [-0.05, 0) is 42.5 Å². The number of carbonyl (C=O) groups is 1. The van der Waals surface area contributed by atoms with Gasteiger partial charge in [0.05, 0.1) is 6.54 Å². The fourth-order valence-corrected chi connectivity index (χ4v) is 2.84. The molecule has 0 aromatic heterocycles. The summed E-state index contributed by atoms with van der Waals surface area (Å²) >= 11 is 5.93. The summed E-state index contributed by atoms with van der Waals surface area (Å²) in [6.07, 6.45) is 0.599. The first-order valence-corrected chi connectivity index (χ1v) is 8.40. The van der Waals surface area contributed by atoms with Crippen molar-refractivity contribution >= 4 is 23.3 Å². The van der Waals surface area contributed by atoms with Gasteiger partial charge in [-0.15, -0.1) is 0 Å². The summed E-state index contributed by atoms with van der Waals surface area (Å²) in [5.41, 5.74) is 0.496. The highest BCUT2D eigenvalue weighted by Gasteiger charge is 2.27. The van der Waals surface area contributed by atoms with Gasteiger partial charge in [0.1, 0.15) is 17.6 Å². The Bertz CT molecular complexity index is 758. The van der Waals surface area contributed by atoms with Crippen molar-refractivity contribution in [2.24, 2.45) is 0 Å². The van der Waals surface area contributed by atoms with Crippen molar-refractivity contribution in [2.75, 3.05) is 18.4 Å². The summed E-state index contributed by atoms with van der Waals surface area (Å²) in [7, 11) is 0. The molecule has 1 heterocycles. The number of hydrogen-bond acceptors (Lipinski definition) is 3. The number of nitrogens with zero attached hydrogens (tertiary/aromatic N) is 1. The van der Waals surface area contributed by atoms with Crippen LogP contribution in [0.15, 0.2) is 48.5 Å². The quantitative estimate of drug-likeness (QED) is 0.820. The Hall–Kier alpha value is -2.54. The predicted octanol–water partition coefficient (Wildman–Crippen LogP) is 4.63. The monoisotopic (exact) mass is 382 g/mol. The molecule has 0 saturated carbocycles. The van der Waals surface area contributed by atoms with Crippen LogP contribution < -0.4 is 14.8 Å². The van der Waals surface area contributed by atoms with E-state index in [1.54, 1.807) is 23.1 Å². The first kappa shape index (κ1) is 18.3. The van der Waals surface area contributed by atoms with Crippen LogP contribution in [0.25, 0.3) is 0 Å². The molecule has 0 radical (unpaired) electrons. The van der Waals surface area contributed by atoms with Crippen molar-refractivity contribution in [2.45, 2.75) is 19.1 Å². The Morgan fingerprint density at radius 3 is 2.65 bits per heavy atom. The number of carbonyl (C=O) groups excluding carboxylic acids is 1. The second-order valence-corrected chi connectivity index (χ2v) is 6.20. The molecular weight excluding hydrogens is 366 g/mol. The molecule has 5 nitrogen and oxygen atoms in total. The molecule has 2 aromatic carbocycles. The predicted molar refractivity (Wildman–Crippen MR) is 94.2 cm³/mol. The molecule has 1 fully saturated rings. The minimum absolute atomic E-state index is 0.0363. The average Bonchev–Trinajstić information content (AvgIpc) is 3.05. The zero-order chi connectivity index (χ0) is 18.5. The van der Waals surface area contributed by atoms with E-state index in [9.17, 15) is 13.6 Å². The first-order chi connectivity index (χ1) is 12.5. The van der Waals surface area contributed by atoms with E-state index < -0.39 is 6.61 Å². The van der Waals surface area contributed by atoms with Crippen LogP contribution in [0.2, 0.25) is 5.02 Å². The number of nitrogens with one attached hydrogen (secondary N) is 1. The summed E-state index contributed by atoms with van der Waals surface area (Å²) in [6, 6.07) is 12.6. The van der Waals surface area contributed by atoms with Crippen LogP contribution in [0.1, 0.15) is 6.42 Å². The summed E-state index contributed by atoms with van der Waals surface area (Å²) in [5.74, 6) is 0.702. The Kier molecular flexibility index (Phi) is 5.78. The summed E-state index contributed by atoms with van der Waals surface area (Å²) in [5, 5.41) is 3.32. The Morgan fingerprint density at radius 1 is 1.19 bits per heavy atom. The number of rotatable bonds is 5. The molecule has 1 aliphatic rings. The Balaban J connectivity index is 1.51. The smallest absolute Gasteiger partial charge is 0.387 e. The van der Waals surface area contributed by atoms with Crippen LogP contribution in [0.4, 0.5) is 19.3 Å². The third kappa shape index (κ3) is 4.98. The zero-order valence-corrected chi connectivity index (χ0v) is 14.5. The van der Waals surface area contributed by atoms with E-state index >= 15 is 0 Å². The second-order valence-electron chi connectivity index (χ2n) is 5.76. The highest BCUT2D eigenvalue weighted by molar-refractivity contribution is 6.30. The molecule has 0 unspecified atom stereocenters. The fourth-order valence-electron chi connectivity index (χ4n) is 2.66. The van der Waals surface area contributed by atoms with E-state index in [4.69, 9.17) is 16.3 Å². The van der Waals surface area contributed by atoms with Gasteiger partial charge in [-0.2, -0.15) is 8.78 Å². The van der Waals surface area contributed by atoms with Crippen LogP contribution >= 0.6 is 11.6 Å². The number of halogens is 3. The number of anilines is 1. The molecular formula is C18H17ClF2N2O3. The van der Waals surface area contributed by atoms with Gasteiger partial charge in [-0.1, -0.05) is 17.7 Å². The summed E-state index contributed by atoms with van der Waals surface area (Å²) in [6.45, 7) is -1.87. The van der Waals surface area contributed by atoms with Gasteiger partial charge < -0.3 is 19.7 Å². The summed E-state index contributed by atoms with van der Waals surface area (Å²) in [4.78, 5) is 14.0. The molecule has 1 aliphatic heterocycles. The van der Waals surface area contributed by atoms with Crippen molar-refractivity contribution in [3.63, 3.8) is 0 Å². The van der Waals surface area contributed by atoms with E-state index in [1.807, 2.05) is 6.07 Å². The minimum Gasteiger partial charge on any atom is -0.488 e. The number of likely N-dealkylation sites (tertiary alicyclic amines) is 1. The lowest BCUT2D eigenvalue weighted by molar-refractivity contribution is -0.0498. The first-order valence-electron chi connectivity index (χ1n) is 8.02. The van der Waals surface area contributed by atoms with Crippen molar-refractivity contribution in [3.05, 3.63) is 53.6 Å². The average molecular weight is 383 g/mol. The summed E-state index contributed by atoms with van der Waals surface area (Å²) < 4.78 is 34.4. The highest BCUT2D eigenvalue weighted by atomic mass is 35.5. The van der Waals surface area contributed by atoms with E-state index in [-0.39, 0.29) is 17.9 Å². The normalized spacial score (nSPS) is 16.6. The largest absolute Gasteiger partial charge is 0.488 e. The van der Waals surface area contributed by atoms with Gasteiger partial charge in [0.15, 0.2) is 0 Å². The number of hydrogen-bond donors (Lipinski definition) is 1. The molecule has 0 bridgehead atoms. The molecule has 0 aliphatic carbocycles. The number of amides is 2. The lowest BCUT2D eigenvalue weighted by Gasteiger charge is -2.18. The molecule has 138 valence electrons. The standard InChI is InChI=1S/C18H17ClF2N2O3/c19-12-2-1-3-15(10-12)25-16-8-9-23(11-16)18(24)22-13-4-6-14(7-5-13)26-17(20)21/h1-7,10,16-17H,8-9,11H2,(H,22,24)/t16-/m1/s1. The van der Waals surface area contributed by atoms with Gasteiger partial charge in [-0.25, -0.2) is 4.79 Å². The molecule has 1 N–H and O–H groups in total. The Labute approximate surface area is 154 Å². The van der Waals surface area contributed by atoms with Gasteiger partial charge in [-0.3, -0.25) is 0 Å². The van der Waals surface area contributed by atoms with Crippen LogP contribution in [0.5, 0.6) is 11.5 Å². The van der Waals surface area contributed by atoms with E-state index in [0.717, 1.165) is 0 Å². The van der Waals surface area contributed by atoms with Crippen LogP contribution in [0.3, 0.4) is 0 Å². The molecule has 3 rings (SSSR count). The van der Waals surface area contributed by atoms with Crippen LogP contribution in [0, 0.1) is 0 Å². The number of urea groups is 1. The zero-order valence-electron chi connectivity index (χ0n) is 13.7. The molecule has 2 amide bonds. The maximum Gasteiger partial charge on any atom is 0.387 e. The molecule has 2 aromatic rings. The van der Waals surface area contributed by atoms with Gasteiger partial charge in [0.2, 0.25) is 0 Å². The van der Waals surface area contributed by atoms with Crippen molar-refractivity contribution in [3.8, 4) is 11.5 Å². The number of benzene rings is 2. The Morgan fingerprint density at radius 2 is 1.96 bits per heavy atom. The minimum atomic E-state index is -2.88. The number of ether oxygens (including phenoxy) is 2. The molecule has 1 atom stereocenters. The fraction of sp³-hybridized carbons (Fsp3) is 0.278. The molecule has 26 heavy (non-hydrogen) atoms. The second kappa shape index (κ2) is 8.23. The van der Waals surface area contributed by atoms with Gasteiger partial charge >= 0.3 is 12.6 Å². The van der Waals surface area contributed by atoms with Crippen molar-refractivity contribution in [1.29, 1.82) is 0 Å². The van der Waals surface area contributed by atoms with E-state index in [1.165, 1.54) is 24.3 Å². The molecule has 8 heteroatoms. The maximum absolute atomic E-state index is 12.3. The van der Waals surface area contributed by atoms with Crippen LogP contribution in [-0.4, -0.2) is 36.7 Å². The lowest BCUT2D eigenvalue weighted by Crippen LogP contribution is -2.34. The molecule has 0 spiro atoms. The SMILES string of the molecule is O=C(Nc1ccc(OC(F)F)cc1)N1CC[C@@H](Oc2cccc(Cl)c2)C1. The van der Waals surface area contributed by atoms with E-state index in [2.05, 4.69) is 10.1 Å². The van der Waals surface area contributed by atoms with Crippen molar-refractivity contribution < 1.29 is 23.0 Å². The maximum atomic E-state index is 12.3.